The van der Waals surface area contributed by atoms with Crippen LogP contribution in [0.5, 0.6) is 0 Å². The van der Waals surface area contributed by atoms with Gasteiger partial charge in [0.2, 0.25) is 0 Å². The Hall–Kier alpha value is -1.30. The second-order valence-corrected chi connectivity index (χ2v) is 6.15. The Kier molecular flexibility index (Phi) is 3.01. The Morgan fingerprint density at radius 2 is 2.11 bits per heavy atom. The van der Waals surface area contributed by atoms with E-state index in [9.17, 15) is 14.7 Å². The molecule has 18 heavy (non-hydrogen) atoms. The molecule has 2 aliphatic heterocycles. The molecular weight excluding hydrogens is 236 g/mol. The number of hydrogen-bond acceptors (Lipinski definition) is 4. The van der Waals surface area contributed by atoms with Crippen LogP contribution in [-0.2, 0) is 9.53 Å². The fraction of sp³-hybridized carbons (Fsp3) is 0.833. The number of carboxylic acids is 1. The van der Waals surface area contributed by atoms with Crippen LogP contribution in [0.15, 0.2) is 0 Å². The third-order valence-corrected chi connectivity index (χ3v) is 3.60. The standard InChI is InChI=1S/C12H20N2O4/c1-11(2,3)18-10(17)14-5-8-4-13-6-12(8,7-14)9(15)16/h8,13H,4-7H2,1-3H3,(H,15,16). The number of ether oxygens (including phenoxy) is 1. The van der Waals surface area contributed by atoms with Gasteiger partial charge < -0.3 is 20.1 Å². The number of likely N-dealkylation sites (tertiary alicyclic amines) is 1. The molecule has 2 atom stereocenters. The Morgan fingerprint density at radius 3 is 2.61 bits per heavy atom. The van der Waals surface area contributed by atoms with Gasteiger partial charge in [0.1, 0.15) is 11.0 Å². The summed E-state index contributed by atoms with van der Waals surface area (Å²) >= 11 is 0. The molecule has 102 valence electrons. The molecule has 6 heteroatoms. The van der Waals surface area contributed by atoms with Crippen LogP contribution >= 0.6 is 0 Å². The highest BCUT2D eigenvalue weighted by atomic mass is 16.6. The first-order valence-electron chi connectivity index (χ1n) is 6.17. The number of carbonyl (C=O) groups is 2. The number of fused-ring (bicyclic) bond motifs is 1. The van der Waals surface area contributed by atoms with Crippen LogP contribution in [0.1, 0.15) is 20.8 Å². The van der Waals surface area contributed by atoms with Gasteiger partial charge in [-0.2, -0.15) is 0 Å². The fourth-order valence-corrected chi connectivity index (χ4v) is 2.69. The van der Waals surface area contributed by atoms with Crippen molar-refractivity contribution in [2.24, 2.45) is 11.3 Å². The summed E-state index contributed by atoms with van der Waals surface area (Å²) in [6.07, 6.45) is -0.419. The quantitative estimate of drug-likeness (QED) is 0.715. The number of hydrogen-bond donors (Lipinski definition) is 2. The van der Waals surface area contributed by atoms with Gasteiger partial charge in [-0.15, -0.1) is 0 Å². The van der Waals surface area contributed by atoms with Gasteiger partial charge in [-0.1, -0.05) is 0 Å². The molecule has 0 radical (unpaired) electrons. The first kappa shape index (κ1) is 13.1. The number of carbonyl (C=O) groups excluding carboxylic acids is 1. The molecule has 6 nitrogen and oxygen atoms in total. The lowest BCUT2D eigenvalue weighted by atomic mass is 9.81. The van der Waals surface area contributed by atoms with E-state index in [2.05, 4.69) is 5.32 Å². The van der Waals surface area contributed by atoms with Crippen molar-refractivity contribution in [2.75, 3.05) is 26.2 Å². The third-order valence-electron chi connectivity index (χ3n) is 3.60. The van der Waals surface area contributed by atoms with Crippen LogP contribution in [0.4, 0.5) is 4.79 Å². The maximum atomic E-state index is 11.9. The molecule has 2 heterocycles. The smallest absolute Gasteiger partial charge is 0.410 e. The highest BCUT2D eigenvalue weighted by Crippen LogP contribution is 2.39. The van der Waals surface area contributed by atoms with Gasteiger partial charge in [-0.25, -0.2) is 4.79 Å². The van der Waals surface area contributed by atoms with E-state index >= 15 is 0 Å². The molecule has 0 bridgehead atoms. The van der Waals surface area contributed by atoms with E-state index in [-0.39, 0.29) is 12.5 Å². The molecular formula is C12H20N2O4. The lowest BCUT2D eigenvalue weighted by Gasteiger charge is -2.26. The molecule has 0 saturated carbocycles. The Bertz CT molecular complexity index is 377. The molecule has 2 fully saturated rings. The predicted molar refractivity (Wildman–Crippen MR) is 64.2 cm³/mol. The summed E-state index contributed by atoms with van der Waals surface area (Å²) in [5, 5.41) is 12.5. The topological polar surface area (TPSA) is 78.9 Å². The minimum Gasteiger partial charge on any atom is -0.481 e. The summed E-state index contributed by atoms with van der Waals surface area (Å²) in [6.45, 7) is 7.16. The zero-order valence-electron chi connectivity index (χ0n) is 11.0. The summed E-state index contributed by atoms with van der Waals surface area (Å²) in [4.78, 5) is 24.9. The number of carboxylic acid groups (broad SMARTS) is 1. The van der Waals surface area contributed by atoms with E-state index in [0.717, 1.165) is 0 Å². The van der Waals surface area contributed by atoms with Crippen molar-refractivity contribution in [3.05, 3.63) is 0 Å². The molecule has 1 amide bonds. The third kappa shape index (κ3) is 2.16. The monoisotopic (exact) mass is 256 g/mol. The van der Waals surface area contributed by atoms with Crippen molar-refractivity contribution in [1.82, 2.24) is 10.2 Å². The number of aliphatic carboxylic acids is 1. The van der Waals surface area contributed by atoms with Crippen LogP contribution in [0.25, 0.3) is 0 Å². The van der Waals surface area contributed by atoms with Crippen molar-refractivity contribution in [2.45, 2.75) is 26.4 Å². The normalized spacial score (nSPS) is 31.3. The average Bonchev–Trinajstić information content (AvgIpc) is 2.69. The lowest BCUT2D eigenvalue weighted by Crippen LogP contribution is -2.42. The first-order valence-corrected chi connectivity index (χ1v) is 6.17. The molecule has 0 aromatic heterocycles. The summed E-state index contributed by atoms with van der Waals surface area (Å²) in [5.74, 6) is -0.855. The van der Waals surface area contributed by atoms with Gasteiger partial charge in [0.05, 0.1) is 0 Å². The van der Waals surface area contributed by atoms with Gasteiger partial charge in [0.25, 0.3) is 0 Å². The number of nitrogens with one attached hydrogen (secondary N) is 1. The molecule has 0 spiro atoms. The van der Waals surface area contributed by atoms with E-state index in [4.69, 9.17) is 4.74 Å². The van der Waals surface area contributed by atoms with Crippen LogP contribution in [0.3, 0.4) is 0 Å². The van der Waals surface area contributed by atoms with Crippen LogP contribution < -0.4 is 5.32 Å². The van der Waals surface area contributed by atoms with E-state index in [1.165, 1.54) is 4.90 Å². The highest BCUT2D eigenvalue weighted by Gasteiger charge is 2.56. The van der Waals surface area contributed by atoms with Crippen molar-refractivity contribution in [3.63, 3.8) is 0 Å². The van der Waals surface area contributed by atoms with Crippen molar-refractivity contribution in [3.8, 4) is 0 Å². The molecule has 2 aliphatic rings. The molecule has 0 aliphatic carbocycles. The van der Waals surface area contributed by atoms with Gasteiger partial charge in [-0.3, -0.25) is 4.79 Å². The zero-order valence-corrected chi connectivity index (χ0v) is 11.0. The SMILES string of the molecule is CC(C)(C)OC(=O)N1CC2CNCC2(C(=O)O)C1. The second kappa shape index (κ2) is 4.12. The minimum atomic E-state index is -0.836. The summed E-state index contributed by atoms with van der Waals surface area (Å²) in [7, 11) is 0. The molecule has 2 saturated heterocycles. The van der Waals surface area contributed by atoms with Crippen molar-refractivity contribution < 1.29 is 19.4 Å². The number of amides is 1. The predicted octanol–water partition coefficient (Wildman–Crippen LogP) is 0.527. The maximum Gasteiger partial charge on any atom is 0.410 e. The van der Waals surface area contributed by atoms with Crippen molar-refractivity contribution >= 4 is 12.1 Å². The Labute approximate surface area is 106 Å². The van der Waals surface area contributed by atoms with Gasteiger partial charge in [-0.05, 0) is 20.8 Å². The Morgan fingerprint density at radius 1 is 1.44 bits per heavy atom. The van der Waals surface area contributed by atoms with E-state index < -0.39 is 23.1 Å². The molecule has 2 rings (SSSR count). The minimum absolute atomic E-state index is 0.0254. The maximum absolute atomic E-state index is 11.9. The van der Waals surface area contributed by atoms with Crippen LogP contribution in [0.2, 0.25) is 0 Å². The van der Waals surface area contributed by atoms with Crippen LogP contribution in [0, 0.1) is 11.3 Å². The summed E-state index contributed by atoms with van der Waals surface area (Å²) in [6, 6.07) is 0. The van der Waals surface area contributed by atoms with Gasteiger partial charge in [0.15, 0.2) is 0 Å². The molecule has 0 aromatic carbocycles. The van der Waals surface area contributed by atoms with Crippen molar-refractivity contribution in [1.29, 1.82) is 0 Å². The number of nitrogens with zero attached hydrogens (tertiary/aromatic N) is 1. The zero-order chi connectivity index (χ0) is 13.6. The van der Waals surface area contributed by atoms with Gasteiger partial charge in [0, 0.05) is 32.1 Å². The number of rotatable bonds is 1. The van der Waals surface area contributed by atoms with E-state index in [1.54, 1.807) is 20.8 Å². The fourth-order valence-electron chi connectivity index (χ4n) is 2.69. The lowest BCUT2D eigenvalue weighted by molar-refractivity contribution is -0.148. The largest absolute Gasteiger partial charge is 0.481 e. The summed E-state index contributed by atoms with van der Waals surface area (Å²) in [5.41, 5.74) is -1.39. The Balaban J connectivity index is 2.08. The van der Waals surface area contributed by atoms with E-state index in [1.807, 2.05) is 0 Å². The molecule has 0 aromatic rings. The van der Waals surface area contributed by atoms with Gasteiger partial charge >= 0.3 is 12.1 Å². The van der Waals surface area contributed by atoms with Crippen LogP contribution in [-0.4, -0.2) is 53.8 Å². The highest BCUT2D eigenvalue weighted by molar-refractivity contribution is 5.79. The first-order chi connectivity index (χ1) is 8.24. The molecule has 2 N–H and O–H groups in total. The summed E-state index contributed by atoms with van der Waals surface area (Å²) < 4.78 is 5.29. The average molecular weight is 256 g/mol. The molecule has 2 unspecified atom stereocenters. The van der Waals surface area contributed by atoms with E-state index in [0.29, 0.717) is 19.6 Å². The second-order valence-electron chi connectivity index (χ2n) is 6.15.